The third-order valence-corrected chi connectivity index (χ3v) is 2.79. The minimum atomic E-state index is -1.56. The number of carbonyl (C=O) groups is 3. The number of aromatic carboxylic acids is 1. The number of aliphatic carboxylic acids is 1. The molecule has 3 N–H and O–H groups in total. The number of amides is 1. The monoisotopic (exact) mass is 303 g/mol. The molecule has 1 aromatic rings. The molecule has 6 nitrogen and oxygen atoms in total. The summed E-state index contributed by atoms with van der Waals surface area (Å²) in [6, 6.07) is 5.58. The fourth-order valence-corrected chi connectivity index (χ4v) is 1.36. The van der Waals surface area contributed by atoms with E-state index < -0.39 is 27.9 Å². The Hall–Kier alpha value is -2.05. The summed E-state index contributed by atoms with van der Waals surface area (Å²) in [6.07, 6.45) is 0. The van der Waals surface area contributed by atoms with Crippen molar-refractivity contribution in [3.05, 3.63) is 39.9 Å². The van der Waals surface area contributed by atoms with Crippen molar-refractivity contribution in [2.45, 2.75) is 0 Å². The van der Waals surface area contributed by atoms with E-state index in [1.165, 1.54) is 24.3 Å². The zero-order valence-electron chi connectivity index (χ0n) is 9.18. The molecule has 100 valence electrons. The molecular weight excluding hydrogens is 297 g/mol. The van der Waals surface area contributed by atoms with Gasteiger partial charge < -0.3 is 15.5 Å². The number of carboxylic acids is 2. The van der Waals surface area contributed by atoms with Crippen LogP contribution in [0.4, 0.5) is 5.69 Å². The van der Waals surface area contributed by atoms with E-state index in [9.17, 15) is 14.4 Å². The van der Waals surface area contributed by atoms with Crippen molar-refractivity contribution in [3.8, 4) is 0 Å². The summed E-state index contributed by atoms with van der Waals surface area (Å²) in [5, 5.41) is 18.0. The molecule has 19 heavy (non-hydrogen) atoms. The molecule has 1 rings (SSSR count). The number of para-hydroxylation sites is 1. The number of hydrogen-bond acceptors (Lipinski definition) is 3. The molecule has 1 aromatic carbocycles. The predicted octanol–water partition coefficient (Wildman–Crippen LogP) is 2.10. The Labute approximate surface area is 117 Å². The molecule has 0 saturated heterocycles. The van der Waals surface area contributed by atoms with Gasteiger partial charge in [0.1, 0.15) is 10.1 Å². The summed E-state index contributed by atoms with van der Waals surface area (Å²) >= 11 is 10.8. The summed E-state index contributed by atoms with van der Waals surface area (Å²) in [5.74, 6) is -3.82. The maximum atomic E-state index is 11.6. The molecule has 0 heterocycles. The van der Waals surface area contributed by atoms with Gasteiger partial charge in [-0.05, 0) is 12.1 Å². The molecule has 0 spiro atoms. The number of benzene rings is 1. The average molecular weight is 304 g/mol. The van der Waals surface area contributed by atoms with Crippen LogP contribution < -0.4 is 5.32 Å². The lowest BCUT2D eigenvalue weighted by Crippen LogP contribution is -2.16. The number of carboxylic acid groups (broad SMARTS) is 2. The molecule has 0 atom stereocenters. The third-order valence-electron chi connectivity index (χ3n) is 1.99. The van der Waals surface area contributed by atoms with Gasteiger partial charge >= 0.3 is 11.9 Å². The quantitative estimate of drug-likeness (QED) is 0.739. The Balaban J connectivity index is 3.05. The third kappa shape index (κ3) is 3.70. The number of nitrogens with one attached hydrogen (secondary N) is 1. The van der Waals surface area contributed by atoms with Crippen LogP contribution in [0.3, 0.4) is 0 Å². The van der Waals surface area contributed by atoms with Crippen molar-refractivity contribution in [1.82, 2.24) is 0 Å². The summed E-state index contributed by atoms with van der Waals surface area (Å²) in [6.45, 7) is 0. The molecule has 0 bridgehead atoms. The van der Waals surface area contributed by atoms with Gasteiger partial charge in [-0.25, -0.2) is 9.59 Å². The molecule has 8 heteroatoms. The summed E-state index contributed by atoms with van der Waals surface area (Å²) in [7, 11) is 0. The highest BCUT2D eigenvalue weighted by Crippen LogP contribution is 2.19. The van der Waals surface area contributed by atoms with Crippen LogP contribution in [0.1, 0.15) is 10.4 Å². The number of rotatable bonds is 4. The first-order chi connectivity index (χ1) is 8.84. The van der Waals surface area contributed by atoms with Crippen molar-refractivity contribution in [3.63, 3.8) is 0 Å². The van der Waals surface area contributed by atoms with Crippen LogP contribution in [0.15, 0.2) is 34.3 Å². The molecule has 1 amide bonds. The number of carbonyl (C=O) groups excluding carboxylic acids is 1. The summed E-state index contributed by atoms with van der Waals surface area (Å²) < 4.78 is 0. The fourth-order valence-electron chi connectivity index (χ4n) is 1.15. The van der Waals surface area contributed by atoms with Gasteiger partial charge in [-0.2, -0.15) is 0 Å². The molecule has 0 fully saturated rings. The lowest BCUT2D eigenvalue weighted by Gasteiger charge is -2.07. The highest BCUT2D eigenvalue weighted by Gasteiger charge is 2.19. The first-order valence-corrected chi connectivity index (χ1v) is 5.52. The first-order valence-electron chi connectivity index (χ1n) is 4.76. The van der Waals surface area contributed by atoms with E-state index in [2.05, 4.69) is 5.32 Å². The van der Waals surface area contributed by atoms with Crippen LogP contribution in [0.2, 0.25) is 0 Å². The lowest BCUT2D eigenvalue weighted by molar-refractivity contribution is -0.132. The Morgan fingerprint density at radius 2 is 1.58 bits per heavy atom. The van der Waals surface area contributed by atoms with E-state index in [0.717, 1.165) is 0 Å². The minimum Gasteiger partial charge on any atom is -0.478 e. The summed E-state index contributed by atoms with van der Waals surface area (Å²) in [5.41, 5.74) is -0.181. The Morgan fingerprint density at radius 3 is 2.11 bits per heavy atom. The van der Waals surface area contributed by atoms with Gasteiger partial charge in [0.25, 0.3) is 5.91 Å². The molecule has 0 unspecified atom stereocenters. The second-order valence-electron chi connectivity index (χ2n) is 3.24. The van der Waals surface area contributed by atoms with Crippen molar-refractivity contribution in [1.29, 1.82) is 0 Å². The van der Waals surface area contributed by atoms with Gasteiger partial charge in [-0.3, -0.25) is 4.79 Å². The average Bonchev–Trinajstić information content (AvgIpc) is 2.37. The van der Waals surface area contributed by atoms with Crippen molar-refractivity contribution in [2.24, 2.45) is 0 Å². The molecule has 0 aliphatic heterocycles. The SMILES string of the molecule is O=C(O)/C(Cl)=C(/Cl)C(=O)Nc1ccccc1C(=O)O. The van der Waals surface area contributed by atoms with Crippen molar-refractivity contribution < 1.29 is 24.6 Å². The fraction of sp³-hybridized carbons (Fsp3) is 0. The second kappa shape index (κ2) is 6.21. The standard InChI is InChI=1S/C11H7Cl2NO5/c12-7(8(13)11(18)19)9(15)14-6-4-2-1-3-5(6)10(16)17/h1-4H,(H,14,15)(H,16,17)(H,18,19)/b8-7-. The number of halogens is 2. The molecule has 0 aliphatic rings. The van der Waals surface area contributed by atoms with E-state index in [1.807, 2.05) is 0 Å². The van der Waals surface area contributed by atoms with Gasteiger partial charge in [0, 0.05) is 0 Å². The Morgan fingerprint density at radius 1 is 1.00 bits per heavy atom. The normalized spacial score (nSPS) is 11.5. The van der Waals surface area contributed by atoms with Gasteiger partial charge in [0.05, 0.1) is 11.3 Å². The van der Waals surface area contributed by atoms with Crippen LogP contribution in [0, 0.1) is 0 Å². The van der Waals surface area contributed by atoms with Crippen LogP contribution in [-0.2, 0) is 9.59 Å². The predicted molar refractivity (Wildman–Crippen MR) is 68.4 cm³/mol. The molecule has 0 radical (unpaired) electrons. The highest BCUT2D eigenvalue weighted by atomic mass is 35.5. The molecular formula is C11H7Cl2NO5. The van der Waals surface area contributed by atoms with E-state index >= 15 is 0 Å². The van der Waals surface area contributed by atoms with E-state index in [0.29, 0.717) is 0 Å². The smallest absolute Gasteiger partial charge is 0.349 e. The Bertz CT molecular complexity index is 582. The second-order valence-corrected chi connectivity index (χ2v) is 3.99. The number of hydrogen-bond donors (Lipinski definition) is 3. The number of anilines is 1. The van der Waals surface area contributed by atoms with Gasteiger partial charge in [-0.15, -0.1) is 0 Å². The topological polar surface area (TPSA) is 104 Å². The Kier molecular flexibility index (Phi) is 4.91. The summed E-state index contributed by atoms with van der Waals surface area (Å²) in [4.78, 5) is 33.0. The zero-order chi connectivity index (χ0) is 14.6. The van der Waals surface area contributed by atoms with E-state index in [-0.39, 0.29) is 11.3 Å². The van der Waals surface area contributed by atoms with Crippen molar-refractivity contribution in [2.75, 3.05) is 5.32 Å². The molecule has 0 aromatic heterocycles. The lowest BCUT2D eigenvalue weighted by atomic mass is 10.2. The minimum absolute atomic E-state index is 0.0204. The van der Waals surface area contributed by atoms with Gasteiger partial charge in [0.15, 0.2) is 0 Å². The van der Waals surface area contributed by atoms with Crippen LogP contribution in [0.25, 0.3) is 0 Å². The maximum Gasteiger partial charge on any atom is 0.349 e. The maximum absolute atomic E-state index is 11.6. The van der Waals surface area contributed by atoms with Gasteiger partial charge in [-0.1, -0.05) is 35.3 Å². The van der Waals surface area contributed by atoms with Crippen LogP contribution in [-0.4, -0.2) is 28.1 Å². The highest BCUT2D eigenvalue weighted by molar-refractivity contribution is 6.54. The van der Waals surface area contributed by atoms with Crippen LogP contribution in [0.5, 0.6) is 0 Å². The molecule has 0 aliphatic carbocycles. The largest absolute Gasteiger partial charge is 0.478 e. The zero-order valence-corrected chi connectivity index (χ0v) is 10.7. The van der Waals surface area contributed by atoms with Crippen LogP contribution >= 0.6 is 23.2 Å². The molecule has 0 saturated carbocycles. The van der Waals surface area contributed by atoms with E-state index in [1.54, 1.807) is 0 Å². The van der Waals surface area contributed by atoms with E-state index in [4.69, 9.17) is 33.4 Å². The van der Waals surface area contributed by atoms with Crippen molar-refractivity contribution >= 4 is 46.7 Å². The van der Waals surface area contributed by atoms with Gasteiger partial charge in [0.2, 0.25) is 0 Å². The first kappa shape index (κ1) is 15.0.